The Labute approximate surface area is 188 Å². The molecule has 2 heterocycles. The standard InChI is InChI=1S/C25H28N4O3/c1-4-9-21-22(24(30)31-5-2)23(29-25(27-21)26-17(3)28-29)19-12-14-20(15-13-19)32-16-18-10-7-6-8-11-18/h6-8,10-15,23H,4-5,9,16H2,1-3H3,(H,26,27,28). The highest BCUT2D eigenvalue weighted by molar-refractivity contribution is 5.92. The van der Waals surface area contributed by atoms with Gasteiger partial charge in [0.15, 0.2) is 0 Å². The fourth-order valence-electron chi connectivity index (χ4n) is 3.87. The largest absolute Gasteiger partial charge is 0.489 e. The van der Waals surface area contributed by atoms with Gasteiger partial charge in [-0.05, 0) is 43.5 Å². The van der Waals surface area contributed by atoms with E-state index in [1.54, 1.807) is 4.68 Å². The predicted molar refractivity (Wildman–Crippen MR) is 122 cm³/mol. The zero-order valence-electron chi connectivity index (χ0n) is 18.7. The number of aryl methyl sites for hydroxylation is 1. The third kappa shape index (κ3) is 4.51. The van der Waals surface area contributed by atoms with Crippen LogP contribution in [0.5, 0.6) is 5.75 Å². The molecular formula is C25H28N4O3. The van der Waals surface area contributed by atoms with Crippen molar-refractivity contribution in [2.75, 3.05) is 11.9 Å². The summed E-state index contributed by atoms with van der Waals surface area (Å²) in [5.41, 5.74) is 3.43. The Balaban J connectivity index is 1.67. The molecule has 0 saturated heterocycles. The Bertz CT molecular complexity index is 1100. The summed E-state index contributed by atoms with van der Waals surface area (Å²) >= 11 is 0. The first-order valence-corrected chi connectivity index (χ1v) is 11.0. The lowest BCUT2D eigenvalue weighted by Crippen LogP contribution is -2.30. The number of rotatable bonds is 8. The van der Waals surface area contributed by atoms with Crippen LogP contribution in [0.15, 0.2) is 65.9 Å². The Morgan fingerprint density at radius 3 is 2.53 bits per heavy atom. The summed E-state index contributed by atoms with van der Waals surface area (Å²) in [6.45, 7) is 6.54. The lowest BCUT2D eigenvalue weighted by atomic mass is 9.94. The average molecular weight is 433 g/mol. The number of allylic oxidation sites excluding steroid dienone is 1. The number of carbonyl (C=O) groups is 1. The highest BCUT2D eigenvalue weighted by Crippen LogP contribution is 2.37. The number of ether oxygens (including phenoxy) is 2. The molecule has 0 saturated carbocycles. The molecule has 0 fully saturated rings. The fraction of sp³-hybridized carbons (Fsp3) is 0.320. The van der Waals surface area contributed by atoms with Gasteiger partial charge in [-0.15, -0.1) is 0 Å². The summed E-state index contributed by atoms with van der Waals surface area (Å²) in [6, 6.07) is 17.4. The zero-order chi connectivity index (χ0) is 22.5. The van der Waals surface area contributed by atoms with Gasteiger partial charge in [0.1, 0.15) is 24.2 Å². The third-order valence-corrected chi connectivity index (χ3v) is 5.28. The lowest BCUT2D eigenvalue weighted by Gasteiger charge is -2.29. The monoisotopic (exact) mass is 432 g/mol. The van der Waals surface area contributed by atoms with Crippen LogP contribution < -0.4 is 10.1 Å². The van der Waals surface area contributed by atoms with Crippen molar-refractivity contribution in [3.8, 4) is 5.75 Å². The van der Waals surface area contributed by atoms with Crippen molar-refractivity contribution >= 4 is 11.9 Å². The summed E-state index contributed by atoms with van der Waals surface area (Å²) in [5, 5.41) is 7.87. The summed E-state index contributed by atoms with van der Waals surface area (Å²) in [6.07, 6.45) is 1.60. The molecule has 0 radical (unpaired) electrons. The van der Waals surface area contributed by atoms with E-state index in [-0.39, 0.29) is 5.97 Å². The number of esters is 1. The molecule has 0 spiro atoms. The molecule has 2 aromatic carbocycles. The summed E-state index contributed by atoms with van der Waals surface area (Å²) in [7, 11) is 0. The van der Waals surface area contributed by atoms with Crippen molar-refractivity contribution in [1.29, 1.82) is 0 Å². The van der Waals surface area contributed by atoms with E-state index in [0.29, 0.717) is 30.6 Å². The molecule has 7 heteroatoms. The van der Waals surface area contributed by atoms with E-state index >= 15 is 0 Å². The van der Waals surface area contributed by atoms with E-state index in [1.165, 1.54) is 0 Å². The molecule has 1 atom stereocenters. The molecule has 3 aromatic rings. The van der Waals surface area contributed by atoms with Crippen molar-refractivity contribution in [3.63, 3.8) is 0 Å². The van der Waals surface area contributed by atoms with Gasteiger partial charge in [0, 0.05) is 5.70 Å². The van der Waals surface area contributed by atoms with E-state index in [4.69, 9.17) is 9.47 Å². The first kappa shape index (κ1) is 21.6. The number of nitrogens with one attached hydrogen (secondary N) is 1. The Morgan fingerprint density at radius 1 is 1.09 bits per heavy atom. The minimum absolute atomic E-state index is 0.309. The maximum Gasteiger partial charge on any atom is 0.338 e. The van der Waals surface area contributed by atoms with Crippen molar-refractivity contribution in [3.05, 3.63) is 82.8 Å². The maximum absolute atomic E-state index is 13.0. The van der Waals surface area contributed by atoms with Gasteiger partial charge in [0.2, 0.25) is 5.95 Å². The van der Waals surface area contributed by atoms with Gasteiger partial charge in [0.25, 0.3) is 0 Å². The van der Waals surface area contributed by atoms with Crippen LogP contribution in [-0.2, 0) is 16.1 Å². The molecule has 7 nitrogen and oxygen atoms in total. The van der Waals surface area contributed by atoms with Crippen molar-refractivity contribution < 1.29 is 14.3 Å². The van der Waals surface area contributed by atoms with E-state index in [2.05, 4.69) is 22.3 Å². The normalized spacial score (nSPS) is 15.2. The smallest absolute Gasteiger partial charge is 0.338 e. The summed E-state index contributed by atoms with van der Waals surface area (Å²) in [4.78, 5) is 17.5. The van der Waals surface area contributed by atoms with Gasteiger partial charge in [-0.25, -0.2) is 9.48 Å². The van der Waals surface area contributed by atoms with E-state index in [1.807, 2.05) is 68.4 Å². The van der Waals surface area contributed by atoms with Crippen LogP contribution in [0.3, 0.4) is 0 Å². The zero-order valence-corrected chi connectivity index (χ0v) is 18.7. The highest BCUT2D eigenvalue weighted by Gasteiger charge is 2.35. The molecule has 0 bridgehead atoms. The second kappa shape index (κ2) is 9.68. The lowest BCUT2D eigenvalue weighted by molar-refractivity contribution is -0.139. The van der Waals surface area contributed by atoms with Gasteiger partial charge in [-0.2, -0.15) is 10.1 Å². The van der Waals surface area contributed by atoms with Crippen LogP contribution in [0, 0.1) is 6.92 Å². The van der Waals surface area contributed by atoms with Crippen LogP contribution in [0.1, 0.15) is 49.7 Å². The molecule has 4 rings (SSSR count). The summed E-state index contributed by atoms with van der Waals surface area (Å²) in [5.74, 6) is 1.70. The number of hydrogen-bond donors (Lipinski definition) is 1. The average Bonchev–Trinajstić information content (AvgIpc) is 3.18. The number of nitrogens with zero attached hydrogens (tertiary/aromatic N) is 3. The maximum atomic E-state index is 13.0. The quantitative estimate of drug-likeness (QED) is 0.515. The SMILES string of the molecule is CCCC1=C(C(=O)OCC)C(c2ccc(OCc3ccccc3)cc2)n2nc(C)nc2N1. The highest BCUT2D eigenvalue weighted by atomic mass is 16.5. The molecule has 1 aromatic heterocycles. The number of anilines is 1. The molecule has 32 heavy (non-hydrogen) atoms. The topological polar surface area (TPSA) is 78.3 Å². The van der Waals surface area contributed by atoms with Crippen LogP contribution in [0.25, 0.3) is 0 Å². The fourth-order valence-corrected chi connectivity index (χ4v) is 3.87. The molecule has 1 unspecified atom stereocenters. The van der Waals surface area contributed by atoms with Crippen molar-refractivity contribution in [1.82, 2.24) is 14.8 Å². The molecule has 1 N–H and O–H groups in total. The Hall–Kier alpha value is -3.61. The number of aromatic nitrogens is 3. The first-order valence-electron chi connectivity index (χ1n) is 11.0. The second-order valence-electron chi connectivity index (χ2n) is 7.66. The molecular weight excluding hydrogens is 404 g/mol. The van der Waals surface area contributed by atoms with E-state index < -0.39 is 6.04 Å². The number of benzene rings is 2. The van der Waals surface area contributed by atoms with Gasteiger partial charge in [0.05, 0.1) is 12.2 Å². The van der Waals surface area contributed by atoms with Crippen LogP contribution in [0.4, 0.5) is 5.95 Å². The minimum atomic E-state index is -0.420. The number of carbonyl (C=O) groups excluding carboxylic acids is 1. The molecule has 166 valence electrons. The third-order valence-electron chi connectivity index (χ3n) is 5.28. The Kier molecular flexibility index (Phi) is 6.54. The van der Waals surface area contributed by atoms with E-state index in [0.717, 1.165) is 35.4 Å². The van der Waals surface area contributed by atoms with Crippen molar-refractivity contribution in [2.45, 2.75) is 46.3 Å². The predicted octanol–water partition coefficient (Wildman–Crippen LogP) is 4.80. The van der Waals surface area contributed by atoms with E-state index in [9.17, 15) is 4.79 Å². The molecule has 0 aliphatic carbocycles. The number of fused-ring (bicyclic) bond motifs is 1. The second-order valence-corrected chi connectivity index (χ2v) is 7.66. The molecule has 1 aliphatic heterocycles. The minimum Gasteiger partial charge on any atom is -0.489 e. The van der Waals surface area contributed by atoms with Gasteiger partial charge in [-0.3, -0.25) is 0 Å². The van der Waals surface area contributed by atoms with Crippen LogP contribution in [0.2, 0.25) is 0 Å². The van der Waals surface area contributed by atoms with Crippen molar-refractivity contribution in [2.24, 2.45) is 0 Å². The molecule has 0 amide bonds. The Morgan fingerprint density at radius 2 is 1.84 bits per heavy atom. The molecule has 1 aliphatic rings. The van der Waals surface area contributed by atoms with Crippen LogP contribution in [-0.4, -0.2) is 27.3 Å². The summed E-state index contributed by atoms with van der Waals surface area (Å²) < 4.78 is 13.1. The van der Waals surface area contributed by atoms with Gasteiger partial charge >= 0.3 is 5.97 Å². The van der Waals surface area contributed by atoms with Gasteiger partial charge < -0.3 is 14.8 Å². The van der Waals surface area contributed by atoms with Gasteiger partial charge in [-0.1, -0.05) is 55.8 Å². The van der Waals surface area contributed by atoms with Crippen LogP contribution >= 0.6 is 0 Å². The first-order chi connectivity index (χ1) is 15.6. The number of hydrogen-bond acceptors (Lipinski definition) is 6.